The number of carbonyl (C=O) groups is 2. The minimum atomic E-state index is -3.91. The van der Waals surface area contributed by atoms with Crippen LogP contribution in [0, 0.1) is 5.92 Å². The van der Waals surface area contributed by atoms with Crippen molar-refractivity contribution in [3.8, 4) is 0 Å². The zero-order chi connectivity index (χ0) is 22.1. The van der Waals surface area contributed by atoms with Crippen LogP contribution in [0.25, 0.3) is 0 Å². The van der Waals surface area contributed by atoms with E-state index in [-0.39, 0.29) is 28.7 Å². The maximum absolute atomic E-state index is 13.0. The van der Waals surface area contributed by atoms with E-state index in [0.29, 0.717) is 13.0 Å². The van der Waals surface area contributed by atoms with Gasteiger partial charge in [0.1, 0.15) is 6.04 Å². The Morgan fingerprint density at radius 3 is 2.60 bits per heavy atom. The van der Waals surface area contributed by atoms with Crippen molar-refractivity contribution in [2.45, 2.75) is 57.6 Å². The fourth-order valence-electron chi connectivity index (χ4n) is 3.68. The van der Waals surface area contributed by atoms with Crippen molar-refractivity contribution < 1.29 is 18.0 Å². The Kier molecular flexibility index (Phi) is 6.64. The predicted octanol–water partition coefficient (Wildman–Crippen LogP) is 2.66. The van der Waals surface area contributed by atoms with E-state index >= 15 is 0 Å². The molecular weight excluding hydrogens is 422 g/mol. The summed E-state index contributed by atoms with van der Waals surface area (Å²) in [5.41, 5.74) is 1.55. The lowest BCUT2D eigenvalue weighted by Gasteiger charge is -2.22. The third kappa shape index (κ3) is 4.74. The number of rotatable bonds is 7. The summed E-state index contributed by atoms with van der Waals surface area (Å²) < 4.78 is 28.6. The average Bonchev–Trinajstić information content (AvgIpc) is 3.29. The topological polar surface area (TPSA) is 95.6 Å². The molecule has 0 unspecified atom stereocenters. The maximum atomic E-state index is 13.0. The molecule has 2 aromatic rings. The summed E-state index contributed by atoms with van der Waals surface area (Å²) in [5.74, 6) is -0.664. The highest BCUT2D eigenvalue weighted by atomic mass is 32.2. The summed E-state index contributed by atoms with van der Waals surface area (Å²) in [7, 11) is -3.91. The predicted molar refractivity (Wildman–Crippen MR) is 118 cm³/mol. The minimum Gasteiger partial charge on any atom is -0.350 e. The van der Waals surface area contributed by atoms with E-state index in [0.717, 1.165) is 16.1 Å². The fourth-order valence-corrected chi connectivity index (χ4v) is 5.72. The summed E-state index contributed by atoms with van der Waals surface area (Å²) >= 11 is 1.53. The molecule has 162 valence electrons. The van der Waals surface area contributed by atoms with Crippen molar-refractivity contribution in [3.63, 3.8) is 0 Å². The van der Waals surface area contributed by atoms with Crippen molar-refractivity contribution in [3.05, 3.63) is 46.2 Å². The molecule has 2 N–H and O–H groups in total. The number of carbonyl (C=O) groups excluding carboxylic acids is 2. The summed E-state index contributed by atoms with van der Waals surface area (Å²) in [6.07, 6.45) is 0.590. The molecule has 7 nitrogen and oxygen atoms in total. The van der Waals surface area contributed by atoms with Crippen LogP contribution in [0.5, 0.6) is 0 Å². The Bertz CT molecular complexity index is 1030. The van der Waals surface area contributed by atoms with Crippen LogP contribution in [0.3, 0.4) is 0 Å². The van der Waals surface area contributed by atoms with Gasteiger partial charge in [0.05, 0.1) is 11.4 Å². The lowest BCUT2D eigenvalue weighted by Crippen LogP contribution is -2.49. The molecule has 3 rings (SSSR count). The van der Waals surface area contributed by atoms with Gasteiger partial charge in [0.25, 0.3) is 0 Å². The largest absolute Gasteiger partial charge is 0.350 e. The molecule has 9 heteroatoms. The summed E-state index contributed by atoms with van der Waals surface area (Å²) in [6, 6.07) is 7.64. The second kappa shape index (κ2) is 8.87. The molecule has 0 spiro atoms. The third-order valence-corrected chi connectivity index (χ3v) is 7.48. The van der Waals surface area contributed by atoms with Crippen LogP contribution in [-0.2, 0) is 32.6 Å². The van der Waals surface area contributed by atoms with Crippen LogP contribution < -0.4 is 14.9 Å². The van der Waals surface area contributed by atoms with E-state index in [1.54, 1.807) is 30.9 Å². The Morgan fingerprint density at radius 2 is 2.00 bits per heavy atom. The van der Waals surface area contributed by atoms with Crippen LogP contribution in [-0.4, -0.2) is 32.3 Å². The number of amides is 2. The van der Waals surface area contributed by atoms with Crippen LogP contribution in [0.1, 0.15) is 38.1 Å². The van der Waals surface area contributed by atoms with Gasteiger partial charge in [0.15, 0.2) is 0 Å². The van der Waals surface area contributed by atoms with Crippen molar-refractivity contribution >= 4 is 38.9 Å². The number of hydrogen-bond donors (Lipinski definition) is 2. The molecule has 1 aliphatic rings. The molecule has 2 heterocycles. The van der Waals surface area contributed by atoms with Crippen LogP contribution >= 0.6 is 11.3 Å². The Hall–Kier alpha value is -2.23. The molecule has 2 atom stereocenters. The van der Waals surface area contributed by atoms with Gasteiger partial charge in [-0.3, -0.25) is 9.59 Å². The molecule has 1 aromatic carbocycles. The molecule has 0 bridgehead atoms. The van der Waals surface area contributed by atoms with E-state index in [4.69, 9.17) is 0 Å². The molecule has 0 aliphatic carbocycles. The summed E-state index contributed by atoms with van der Waals surface area (Å²) in [5, 5.41) is 4.73. The normalized spacial score (nSPS) is 17.1. The number of nitrogens with one attached hydrogen (secondary N) is 2. The fraction of sp³-hybridized carbons (Fsp3) is 0.429. The van der Waals surface area contributed by atoms with Crippen molar-refractivity contribution in [2.75, 3.05) is 4.90 Å². The number of benzene rings is 1. The van der Waals surface area contributed by atoms with E-state index in [1.807, 2.05) is 24.4 Å². The van der Waals surface area contributed by atoms with Crippen LogP contribution in [0.4, 0.5) is 5.69 Å². The Labute approximate surface area is 181 Å². The first-order valence-corrected chi connectivity index (χ1v) is 12.2. The molecular formula is C21H27N3O4S2. The van der Waals surface area contributed by atoms with E-state index in [1.165, 1.54) is 24.3 Å². The number of nitrogens with zero attached hydrogens (tertiary/aromatic N) is 1. The highest BCUT2D eigenvalue weighted by Gasteiger charge is 2.32. The minimum absolute atomic E-state index is 0.0187. The highest BCUT2D eigenvalue weighted by molar-refractivity contribution is 7.89. The van der Waals surface area contributed by atoms with Crippen LogP contribution in [0.2, 0.25) is 0 Å². The first-order chi connectivity index (χ1) is 14.1. The molecule has 30 heavy (non-hydrogen) atoms. The first kappa shape index (κ1) is 22.5. The van der Waals surface area contributed by atoms with Gasteiger partial charge in [-0.15, -0.1) is 11.3 Å². The van der Waals surface area contributed by atoms with Gasteiger partial charge in [0.2, 0.25) is 21.8 Å². The van der Waals surface area contributed by atoms with Gasteiger partial charge in [-0.05, 0) is 54.5 Å². The highest BCUT2D eigenvalue weighted by Crippen LogP contribution is 2.34. The zero-order valence-electron chi connectivity index (χ0n) is 17.5. The molecule has 0 saturated heterocycles. The van der Waals surface area contributed by atoms with Crippen molar-refractivity contribution in [1.29, 1.82) is 0 Å². The van der Waals surface area contributed by atoms with Crippen molar-refractivity contribution in [2.24, 2.45) is 5.92 Å². The zero-order valence-corrected chi connectivity index (χ0v) is 19.1. The van der Waals surface area contributed by atoms with Crippen LogP contribution in [0.15, 0.2) is 40.6 Å². The van der Waals surface area contributed by atoms with E-state index < -0.39 is 16.1 Å². The van der Waals surface area contributed by atoms with Gasteiger partial charge in [0, 0.05) is 23.5 Å². The van der Waals surface area contributed by atoms with Gasteiger partial charge in [-0.1, -0.05) is 19.9 Å². The molecule has 0 radical (unpaired) electrons. The van der Waals surface area contributed by atoms with E-state index in [2.05, 4.69) is 10.0 Å². The lowest BCUT2D eigenvalue weighted by atomic mass is 10.1. The number of hydrogen-bond acceptors (Lipinski definition) is 5. The first-order valence-electron chi connectivity index (χ1n) is 9.85. The Morgan fingerprint density at radius 1 is 1.27 bits per heavy atom. The summed E-state index contributed by atoms with van der Waals surface area (Å²) in [6.45, 7) is 7.39. The molecule has 1 aliphatic heterocycles. The number of anilines is 1. The smallest absolute Gasteiger partial charge is 0.241 e. The van der Waals surface area contributed by atoms with Gasteiger partial charge in [-0.2, -0.15) is 4.72 Å². The molecule has 0 saturated carbocycles. The second-order valence-corrected chi connectivity index (χ2v) is 10.6. The second-order valence-electron chi connectivity index (χ2n) is 7.87. The summed E-state index contributed by atoms with van der Waals surface area (Å²) in [4.78, 5) is 27.3. The number of thiophene rings is 1. The van der Waals surface area contributed by atoms with Gasteiger partial charge < -0.3 is 10.2 Å². The molecule has 0 fully saturated rings. The standard InChI is InChI=1S/C21H27N3O4S2/c1-13(2)20(21(26)22-12-17-6-5-9-29-17)23-30(27,28)18-7-8-19-16(11-18)10-14(3)24(19)15(4)25/h5-9,11,13-14,20,23H,10,12H2,1-4H3,(H,22,26)/t14-,20+/m0/s1. The number of sulfonamides is 1. The maximum Gasteiger partial charge on any atom is 0.241 e. The monoisotopic (exact) mass is 449 g/mol. The van der Waals surface area contributed by atoms with E-state index in [9.17, 15) is 18.0 Å². The number of fused-ring (bicyclic) bond motifs is 1. The SMILES string of the molecule is CC(=O)N1c2ccc(S(=O)(=O)N[C@@H](C(=O)NCc3cccs3)C(C)C)cc2C[C@@H]1C. The lowest BCUT2D eigenvalue weighted by molar-refractivity contribution is -0.123. The Balaban J connectivity index is 1.78. The van der Waals surface area contributed by atoms with Crippen molar-refractivity contribution in [1.82, 2.24) is 10.0 Å². The van der Waals surface area contributed by atoms with Gasteiger partial charge >= 0.3 is 0 Å². The molecule has 2 amide bonds. The third-order valence-electron chi connectivity index (χ3n) is 5.16. The molecule has 1 aromatic heterocycles. The average molecular weight is 450 g/mol. The quantitative estimate of drug-likeness (QED) is 0.679. The van der Waals surface area contributed by atoms with Gasteiger partial charge in [-0.25, -0.2) is 8.42 Å².